The minimum absolute atomic E-state index is 0.0605. The van der Waals surface area contributed by atoms with E-state index >= 15 is 0 Å². The van der Waals surface area contributed by atoms with Gasteiger partial charge in [0.25, 0.3) is 0 Å². The van der Waals surface area contributed by atoms with Gasteiger partial charge < -0.3 is 14.6 Å². The molecule has 0 saturated carbocycles. The van der Waals surface area contributed by atoms with Crippen molar-refractivity contribution in [1.29, 1.82) is 0 Å². The van der Waals surface area contributed by atoms with Crippen LogP contribution in [-0.2, 0) is 19.1 Å². The second-order valence-corrected chi connectivity index (χ2v) is 25.7. The Bertz CT molecular complexity index is 1360. The topological polar surface area (TPSA) is 72.8 Å². The van der Waals surface area contributed by atoms with Crippen LogP contribution in [0.5, 0.6) is 0 Å². The number of allylic oxidation sites excluding steroid dienone is 8. The lowest BCUT2D eigenvalue weighted by Crippen LogP contribution is -2.28. The Morgan fingerprint density at radius 1 is 0.289 bits per heavy atom. The van der Waals surface area contributed by atoms with Crippen molar-refractivity contribution in [2.24, 2.45) is 0 Å². The number of aliphatic hydroxyl groups excluding tert-OH is 1. The third kappa shape index (κ3) is 72.2. The molecule has 0 aliphatic rings. The van der Waals surface area contributed by atoms with Crippen LogP contribution in [0, 0.1) is 0 Å². The van der Waals surface area contributed by atoms with Gasteiger partial charge in [-0.25, -0.2) is 0 Å². The first-order chi connectivity index (χ1) is 41.1. The highest BCUT2D eigenvalue weighted by Gasteiger charge is 2.16. The summed E-state index contributed by atoms with van der Waals surface area (Å²) in [6.07, 6.45) is 100. The van der Waals surface area contributed by atoms with E-state index in [9.17, 15) is 14.7 Å². The van der Waals surface area contributed by atoms with Crippen LogP contribution in [0.15, 0.2) is 48.6 Å². The molecule has 0 aromatic rings. The predicted molar refractivity (Wildman–Crippen MR) is 367 cm³/mol. The number of hydrogen-bond acceptors (Lipinski definition) is 5. The fourth-order valence-corrected chi connectivity index (χ4v) is 11.8. The van der Waals surface area contributed by atoms with Crippen molar-refractivity contribution in [2.45, 2.75) is 424 Å². The number of esters is 2. The van der Waals surface area contributed by atoms with E-state index in [1.165, 1.54) is 334 Å². The number of aliphatic hydroxyl groups is 1. The number of ether oxygens (including phenoxy) is 2. The molecule has 0 spiro atoms. The first kappa shape index (κ1) is 80.9. The van der Waals surface area contributed by atoms with Crippen LogP contribution in [0.3, 0.4) is 0 Å². The summed E-state index contributed by atoms with van der Waals surface area (Å²) in [4.78, 5) is 24.7. The summed E-state index contributed by atoms with van der Waals surface area (Å²) in [5.74, 6) is -0.568. The molecule has 0 radical (unpaired) electrons. The van der Waals surface area contributed by atoms with Gasteiger partial charge in [-0.3, -0.25) is 9.59 Å². The lowest BCUT2D eigenvalue weighted by Gasteiger charge is -2.15. The maximum Gasteiger partial charge on any atom is 0.306 e. The van der Waals surface area contributed by atoms with E-state index in [2.05, 4.69) is 62.5 Å². The van der Waals surface area contributed by atoms with Gasteiger partial charge in [0, 0.05) is 12.8 Å². The number of unbranched alkanes of at least 4 members (excludes halogenated alkanes) is 55. The van der Waals surface area contributed by atoms with Crippen LogP contribution in [0.2, 0.25) is 0 Å². The van der Waals surface area contributed by atoms with Crippen molar-refractivity contribution in [3.63, 3.8) is 0 Å². The highest BCUT2D eigenvalue weighted by molar-refractivity contribution is 5.70. The molecule has 1 N–H and O–H groups in total. The summed E-state index contributed by atoms with van der Waals surface area (Å²) in [5.41, 5.74) is 0. The predicted octanol–water partition coefficient (Wildman–Crippen LogP) is 26.3. The molecule has 0 aromatic carbocycles. The Morgan fingerprint density at radius 3 is 0.783 bits per heavy atom. The molecule has 83 heavy (non-hydrogen) atoms. The van der Waals surface area contributed by atoms with Crippen molar-refractivity contribution >= 4 is 11.9 Å². The lowest BCUT2D eigenvalue weighted by atomic mass is 10.0. The van der Waals surface area contributed by atoms with Crippen molar-refractivity contribution in [2.75, 3.05) is 13.2 Å². The molecule has 0 rings (SSSR count). The minimum Gasteiger partial charge on any atom is -0.462 e. The summed E-state index contributed by atoms with van der Waals surface area (Å²) in [6.45, 7) is 4.09. The average Bonchev–Trinajstić information content (AvgIpc) is 3.49. The molecule has 5 nitrogen and oxygen atoms in total. The van der Waals surface area contributed by atoms with E-state index < -0.39 is 6.10 Å². The van der Waals surface area contributed by atoms with Crippen molar-refractivity contribution < 1.29 is 24.2 Å². The standard InChI is InChI=1S/C78H146O5/c1-3-5-7-9-11-13-15-17-19-21-23-25-27-29-31-33-34-35-36-37-38-39-40-41-42-43-45-46-48-50-52-54-56-58-60-62-64-66-68-70-72-77(80)82-75-76(74-79)83-78(81)73-71-69-67-65-63-61-59-57-55-53-51-49-47-44-32-30-28-26-24-22-20-18-16-14-12-10-8-6-4-2/h6,8,12,14,18,20,24,26,76,79H,3-5,7,9-11,13,15-17,19,21-23,25,27-75H2,1-2H3/b8-6-,14-12-,20-18-,26-24-. The molecular weight excluding hydrogens is 1020 g/mol. The second kappa shape index (κ2) is 74.1. The van der Waals surface area contributed by atoms with Gasteiger partial charge in [0.1, 0.15) is 6.61 Å². The SMILES string of the molecule is CC/C=C\C/C=C\C/C=C\C/C=C\CCCCCCCCCCCCCCCCCCC(=O)OC(CO)COC(=O)CCCCCCCCCCCCCCCCCCCCCCCCCCCCCCCCCCCCCCCCCC. The molecular formula is C78H146O5. The molecule has 0 bridgehead atoms. The molecule has 0 amide bonds. The Labute approximate surface area is 519 Å². The molecule has 488 valence electrons. The van der Waals surface area contributed by atoms with Crippen LogP contribution in [-0.4, -0.2) is 36.4 Å². The van der Waals surface area contributed by atoms with Crippen molar-refractivity contribution in [1.82, 2.24) is 0 Å². The van der Waals surface area contributed by atoms with E-state index in [0.717, 1.165) is 57.8 Å². The monoisotopic (exact) mass is 1160 g/mol. The second-order valence-electron chi connectivity index (χ2n) is 25.7. The number of rotatable bonds is 71. The highest BCUT2D eigenvalue weighted by atomic mass is 16.6. The largest absolute Gasteiger partial charge is 0.462 e. The van der Waals surface area contributed by atoms with Crippen LogP contribution < -0.4 is 0 Å². The Hall–Kier alpha value is -2.14. The summed E-state index contributed by atoms with van der Waals surface area (Å²) < 4.78 is 10.8. The first-order valence-corrected chi connectivity index (χ1v) is 37.7. The van der Waals surface area contributed by atoms with Crippen molar-refractivity contribution in [3.05, 3.63) is 48.6 Å². The fraction of sp³-hybridized carbons (Fsp3) is 0.872. The Kier molecular flexibility index (Phi) is 72.2. The van der Waals surface area contributed by atoms with E-state index in [-0.39, 0.29) is 25.2 Å². The molecule has 5 heteroatoms. The third-order valence-electron chi connectivity index (χ3n) is 17.4. The summed E-state index contributed by atoms with van der Waals surface area (Å²) in [7, 11) is 0. The van der Waals surface area contributed by atoms with Gasteiger partial charge in [-0.15, -0.1) is 0 Å². The van der Waals surface area contributed by atoms with Crippen LogP contribution in [0.1, 0.15) is 418 Å². The molecule has 0 aromatic heterocycles. The number of hydrogen-bond donors (Lipinski definition) is 1. The maximum absolute atomic E-state index is 12.4. The molecule has 0 heterocycles. The van der Waals surface area contributed by atoms with Crippen LogP contribution in [0.4, 0.5) is 0 Å². The number of carbonyl (C=O) groups is 2. The van der Waals surface area contributed by atoms with Gasteiger partial charge >= 0.3 is 11.9 Å². The Balaban J connectivity index is 3.36. The van der Waals surface area contributed by atoms with Gasteiger partial charge in [-0.05, 0) is 51.4 Å². The fourth-order valence-electron chi connectivity index (χ4n) is 11.8. The lowest BCUT2D eigenvalue weighted by molar-refractivity contribution is -0.161. The van der Waals surface area contributed by atoms with E-state index in [1.54, 1.807) is 0 Å². The van der Waals surface area contributed by atoms with Gasteiger partial charge in [0.05, 0.1) is 6.61 Å². The minimum atomic E-state index is -0.772. The zero-order chi connectivity index (χ0) is 59.8. The molecule has 0 aliphatic heterocycles. The first-order valence-electron chi connectivity index (χ1n) is 37.7. The molecule has 1 atom stereocenters. The summed E-state index contributed by atoms with van der Waals surface area (Å²) in [5, 5.41) is 9.71. The number of carbonyl (C=O) groups excluding carboxylic acids is 2. The van der Waals surface area contributed by atoms with Gasteiger partial charge in [-0.1, -0.05) is 403 Å². The normalized spacial score (nSPS) is 12.4. The maximum atomic E-state index is 12.4. The van der Waals surface area contributed by atoms with Gasteiger partial charge in [-0.2, -0.15) is 0 Å². The summed E-state index contributed by atoms with van der Waals surface area (Å²) in [6, 6.07) is 0. The smallest absolute Gasteiger partial charge is 0.306 e. The summed E-state index contributed by atoms with van der Waals surface area (Å²) >= 11 is 0. The average molecular weight is 1160 g/mol. The van der Waals surface area contributed by atoms with E-state index in [1.807, 2.05) is 0 Å². The molecule has 0 fully saturated rings. The molecule has 0 saturated heterocycles. The molecule has 1 unspecified atom stereocenters. The van der Waals surface area contributed by atoms with Gasteiger partial charge in [0.2, 0.25) is 0 Å². The zero-order valence-corrected chi connectivity index (χ0v) is 56.2. The van der Waals surface area contributed by atoms with Crippen LogP contribution >= 0.6 is 0 Å². The van der Waals surface area contributed by atoms with E-state index in [4.69, 9.17) is 9.47 Å². The zero-order valence-electron chi connectivity index (χ0n) is 56.2. The van der Waals surface area contributed by atoms with E-state index in [0.29, 0.717) is 12.8 Å². The highest BCUT2D eigenvalue weighted by Crippen LogP contribution is 2.20. The third-order valence-corrected chi connectivity index (χ3v) is 17.4. The van der Waals surface area contributed by atoms with Crippen molar-refractivity contribution in [3.8, 4) is 0 Å². The van der Waals surface area contributed by atoms with Gasteiger partial charge in [0.15, 0.2) is 6.10 Å². The van der Waals surface area contributed by atoms with Crippen LogP contribution in [0.25, 0.3) is 0 Å². The quantitative estimate of drug-likeness (QED) is 0.0373. The Morgan fingerprint density at radius 2 is 0.518 bits per heavy atom. The molecule has 0 aliphatic carbocycles.